The molecule has 1 fully saturated rings. The van der Waals surface area contributed by atoms with E-state index in [2.05, 4.69) is 11.8 Å². The predicted octanol–water partition coefficient (Wildman–Crippen LogP) is 3.45. The van der Waals surface area contributed by atoms with Crippen LogP contribution >= 0.6 is 0 Å². The molecular formula is C16H24F2N2. The van der Waals surface area contributed by atoms with Crippen LogP contribution in [0.4, 0.5) is 8.78 Å². The van der Waals surface area contributed by atoms with Gasteiger partial charge in [-0.25, -0.2) is 8.78 Å². The topological polar surface area (TPSA) is 29.3 Å². The van der Waals surface area contributed by atoms with Crippen LogP contribution in [0, 0.1) is 11.6 Å². The summed E-state index contributed by atoms with van der Waals surface area (Å²) in [6, 6.07) is 4.44. The fraction of sp³-hybridized carbons (Fsp3) is 0.625. The van der Waals surface area contributed by atoms with E-state index < -0.39 is 0 Å². The van der Waals surface area contributed by atoms with E-state index >= 15 is 0 Å². The van der Waals surface area contributed by atoms with Crippen molar-refractivity contribution in [2.24, 2.45) is 5.73 Å². The highest BCUT2D eigenvalue weighted by Crippen LogP contribution is 2.24. The van der Waals surface area contributed by atoms with Gasteiger partial charge in [0.1, 0.15) is 11.6 Å². The second-order valence-electron chi connectivity index (χ2n) is 5.77. The molecular weight excluding hydrogens is 258 g/mol. The first-order valence-electron chi connectivity index (χ1n) is 7.53. The van der Waals surface area contributed by atoms with Gasteiger partial charge in [-0.05, 0) is 56.8 Å². The maximum Gasteiger partial charge on any atom is 0.127 e. The fourth-order valence-corrected chi connectivity index (χ4v) is 3.03. The van der Waals surface area contributed by atoms with Crippen molar-refractivity contribution in [3.8, 4) is 0 Å². The molecule has 0 bridgehead atoms. The van der Waals surface area contributed by atoms with Gasteiger partial charge in [-0.1, -0.05) is 6.92 Å². The van der Waals surface area contributed by atoms with Gasteiger partial charge in [-0.3, -0.25) is 4.90 Å². The van der Waals surface area contributed by atoms with Crippen LogP contribution in [0.1, 0.15) is 44.6 Å². The molecule has 0 aliphatic heterocycles. The first-order valence-corrected chi connectivity index (χ1v) is 7.53. The summed E-state index contributed by atoms with van der Waals surface area (Å²) in [6.07, 6.45) is 5.17. The Labute approximate surface area is 120 Å². The average molecular weight is 282 g/mol. The fourth-order valence-electron chi connectivity index (χ4n) is 3.03. The van der Waals surface area contributed by atoms with E-state index in [9.17, 15) is 8.78 Å². The second kappa shape index (κ2) is 7.14. The zero-order valence-corrected chi connectivity index (χ0v) is 12.1. The molecule has 4 heteroatoms. The summed E-state index contributed by atoms with van der Waals surface area (Å²) in [4.78, 5) is 2.28. The summed E-state index contributed by atoms with van der Waals surface area (Å²) < 4.78 is 27.1. The normalized spacial score (nSPS) is 23.2. The van der Waals surface area contributed by atoms with Crippen LogP contribution in [-0.4, -0.2) is 23.5 Å². The molecule has 0 heterocycles. The number of hydrogen-bond acceptors (Lipinski definition) is 2. The van der Waals surface area contributed by atoms with Crippen LogP contribution in [0.5, 0.6) is 0 Å². The van der Waals surface area contributed by atoms with Crippen molar-refractivity contribution in [3.05, 3.63) is 35.4 Å². The largest absolute Gasteiger partial charge is 0.328 e. The number of rotatable bonds is 5. The van der Waals surface area contributed by atoms with Crippen molar-refractivity contribution in [2.45, 2.75) is 57.7 Å². The highest BCUT2D eigenvalue weighted by molar-refractivity contribution is 5.18. The summed E-state index contributed by atoms with van der Waals surface area (Å²) in [7, 11) is 0. The summed E-state index contributed by atoms with van der Waals surface area (Å²) in [5, 5.41) is 0. The van der Waals surface area contributed by atoms with Crippen molar-refractivity contribution in [1.82, 2.24) is 4.90 Å². The minimum absolute atomic E-state index is 0.306. The Hall–Kier alpha value is -1.00. The summed E-state index contributed by atoms with van der Waals surface area (Å²) >= 11 is 0. The number of halogens is 2. The second-order valence-corrected chi connectivity index (χ2v) is 5.77. The predicted molar refractivity (Wildman–Crippen MR) is 77.3 cm³/mol. The minimum atomic E-state index is -0.372. The van der Waals surface area contributed by atoms with Crippen LogP contribution in [-0.2, 0) is 6.54 Å². The van der Waals surface area contributed by atoms with Crippen molar-refractivity contribution < 1.29 is 8.78 Å². The van der Waals surface area contributed by atoms with Crippen LogP contribution in [0.25, 0.3) is 0 Å². The van der Waals surface area contributed by atoms with E-state index in [1.54, 1.807) is 0 Å². The maximum absolute atomic E-state index is 13.8. The van der Waals surface area contributed by atoms with Gasteiger partial charge in [0.05, 0.1) is 0 Å². The Bertz CT molecular complexity index is 428. The number of benzene rings is 1. The lowest BCUT2D eigenvalue weighted by Crippen LogP contribution is -2.41. The highest BCUT2D eigenvalue weighted by atomic mass is 19.1. The van der Waals surface area contributed by atoms with E-state index in [1.807, 2.05) is 0 Å². The molecule has 0 spiro atoms. The lowest BCUT2D eigenvalue weighted by Gasteiger charge is -2.36. The smallest absolute Gasteiger partial charge is 0.127 e. The molecule has 1 saturated carbocycles. The van der Waals surface area contributed by atoms with E-state index in [-0.39, 0.29) is 11.6 Å². The zero-order chi connectivity index (χ0) is 14.5. The standard InChI is InChI=1S/C16H24F2N2/c1-2-9-20(15-6-4-14(19)5-7-15)11-12-10-13(17)3-8-16(12)18/h3,8,10,14-15H,2,4-7,9,11,19H2,1H3. The van der Waals surface area contributed by atoms with Gasteiger partial charge in [0.2, 0.25) is 0 Å². The lowest BCUT2D eigenvalue weighted by molar-refractivity contribution is 0.140. The van der Waals surface area contributed by atoms with Gasteiger partial charge in [-0.2, -0.15) is 0 Å². The molecule has 1 aromatic rings. The summed E-state index contributed by atoms with van der Waals surface area (Å²) in [5.74, 6) is -0.691. The van der Waals surface area contributed by atoms with Crippen molar-refractivity contribution in [1.29, 1.82) is 0 Å². The van der Waals surface area contributed by atoms with Gasteiger partial charge in [0.15, 0.2) is 0 Å². The quantitative estimate of drug-likeness (QED) is 0.896. The van der Waals surface area contributed by atoms with Crippen molar-refractivity contribution >= 4 is 0 Å². The summed E-state index contributed by atoms with van der Waals surface area (Å²) in [6.45, 7) is 3.51. The van der Waals surface area contributed by atoms with E-state index in [0.717, 1.165) is 38.6 Å². The number of nitrogens with zero attached hydrogens (tertiary/aromatic N) is 1. The number of hydrogen-bond donors (Lipinski definition) is 1. The molecule has 20 heavy (non-hydrogen) atoms. The third-order valence-corrected chi connectivity index (χ3v) is 4.15. The molecule has 0 saturated heterocycles. The van der Waals surface area contributed by atoms with E-state index in [4.69, 9.17) is 5.73 Å². The Balaban J connectivity index is 2.06. The molecule has 2 N–H and O–H groups in total. The van der Waals surface area contributed by atoms with E-state index in [0.29, 0.717) is 24.2 Å². The van der Waals surface area contributed by atoms with Gasteiger partial charge in [-0.15, -0.1) is 0 Å². The van der Waals surface area contributed by atoms with Gasteiger partial charge in [0, 0.05) is 24.2 Å². The molecule has 0 amide bonds. The van der Waals surface area contributed by atoms with Crippen molar-refractivity contribution in [2.75, 3.05) is 6.54 Å². The molecule has 0 aromatic heterocycles. The number of nitrogens with two attached hydrogens (primary N) is 1. The molecule has 2 nitrogen and oxygen atoms in total. The molecule has 112 valence electrons. The molecule has 1 aromatic carbocycles. The summed E-state index contributed by atoms with van der Waals surface area (Å²) in [5.41, 5.74) is 6.39. The Morgan fingerprint density at radius 1 is 1.20 bits per heavy atom. The zero-order valence-electron chi connectivity index (χ0n) is 12.1. The highest BCUT2D eigenvalue weighted by Gasteiger charge is 2.24. The Kier molecular flexibility index (Phi) is 5.49. The third kappa shape index (κ3) is 4.00. The first-order chi connectivity index (χ1) is 9.60. The molecule has 0 radical (unpaired) electrons. The van der Waals surface area contributed by atoms with E-state index in [1.165, 1.54) is 18.2 Å². The van der Waals surface area contributed by atoms with Gasteiger partial charge in [0.25, 0.3) is 0 Å². The third-order valence-electron chi connectivity index (χ3n) is 4.15. The van der Waals surface area contributed by atoms with Crippen LogP contribution in [0.15, 0.2) is 18.2 Å². The van der Waals surface area contributed by atoms with Crippen LogP contribution in [0.2, 0.25) is 0 Å². The Morgan fingerprint density at radius 3 is 2.55 bits per heavy atom. The molecule has 2 rings (SSSR count). The maximum atomic E-state index is 13.8. The van der Waals surface area contributed by atoms with Crippen molar-refractivity contribution in [3.63, 3.8) is 0 Å². The molecule has 1 aliphatic carbocycles. The SMILES string of the molecule is CCCN(Cc1cc(F)ccc1F)C1CCC(N)CC1. The van der Waals surface area contributed by atoms with Crippen LogP contribution < -0.4 is 5.73 Å². The Morgan fingerprint density at radius 2 is 1.90 bits per heavy atom. The minimum Gasteiger partial charge on any atom is -0.328 e. The molecule has 0 atom stereocenters. The molecule has 0 unspecified atom stereocenters. The van der Waals surface area contributed by atoms with Gasteiger partial charge < -0.3 is 5.73 Å². The van der Waals surface area contributed by atoms with Gasteiger partial charge >= 0.3 is 0 Å². The lowest BCUT2D eigenvalue weighted by atomic mass is 9.90. The first kappa shape index (κ1) is 15.4. The average Bonchev–Trinajstić information content (AvgIpc) is 2.43. The monoisotopic (exact) mass is 282 g/mol. The molecule has 1 aliphatic rings. The van der Waals surface area contributed by atoms with Crippen LogP contribution in [0.3, 0.4) is 0 Å².